The second-order valence-electron chi connectivity index (χ2n) is 5.29. The van der Waals surface area contributed by atoms with Gasteiger partial charge in [0.25, 0.3) is 0 Å². The summed E-state index contributed by atoms with van der Waals surface area (Å²) < 4.78 is 11.2. The van der Waals surface area contributed by atoms with Crippen molar-refractivity contribution >= 4 is 0 Å². The summed E-state index contributed by atoms with van der Waals surface area (Å²) in [4.78, 5) is 0. The Kier molecular flexibility index (Phi) is 7.09. The van der Waals surface area contributed by atoms with E-state index in [-0.39, 0.29) is 5.60 Å². The number of likely N-dealkylation sites (N-methyl/N-ethyl adjacent to an activating group) is 1. The van der Waals surface area contributed by atoms with Crippen molar-refractivity contribution in [3.63, 3.8) is 0 Å². The average molecular weight is 243 g/mol. The maximum atomic E-state index is 6.09. The fourth-order valence-electron chi connectivity index (χ4n) is 2.94. The van der Waals surface area contributed by atoms with Gasteiger partial charge in [-0.2, -0.15) is 0 Å². The van der Waals surface area contributed by atoms with Gasteiger partial charge in [0.2, 0.25) is 0 Å². The highest BCUT2D eigenvalue weighted by Crippen LogP contribution is 2.36. The summed E-state index contributed by atoms with van der Waals surface area (Å²) >= 11 is 0. The molecule has 0 radical (unpaired) electrons. The van der Waals surface area contributed by atoms with Crippen molar-refractivity contribution in [1.82, 2.24) is 5.32 Å². The van der Waals surface area contributed by atoms with E-state index in [0.29, 0.717) is 6.61 Å². The molecule has 0 amide bonds. The molecule has 102 valence electrons. The minimum absolute atomic E-state index is 0.0670. The van der Waals surface area contributed by atoms with Crippen LogP contribution in [0, 0.1) is 5.92 Å². The number of ether oxygens (including phenoxy) is 2. The minimum atomic E-state index is 0.0670. The molecule has 0 aromatic heterocycles. The van der Waals surface area contributed by atoms with Crippen LogP contribution in [0.2, 0.25) is 0 Å². The number of methoxy groups -OCH3 is 1. The highest BCUT2D eigenvalue weighted by Gasteiger charge is 2.35. The fraction of sp³-hybridized carbons (Fsp3) is 1.00. The first-order valence-corrected chi connectivity index (χ1v) is 7.04. The van der Waals surface area contributed by atoms with Crippen LogP contribution in [0.4, 0.5) is 0 Å². The SMILES string of the molecule is CCCC1CCC(CNC)(OCCOC)CC1. The summed E-state index contributed by atoms with van der Waals surface area (Å²) in [6.07, 6.45) is 7.73. The predicted molar refractivity (Wildman–Crippen MR) is 71.4 cm³/mol. The lowest BCUT2D eigenvalue weighted by molar-refractivity contribution is -0.0887. The van der Waals surface area contributed by atoms with E-state index in [1.54, 1.807) is 7.11 Å². The highest BCUT2D eigenvalue weighted by molar-refractivity contribution is 4.89. The van der Waals surface area contributed by atoms with E-state index in [0.717, 1.165) is 19.1 Å². The number of hydrogen-bond acceptors (Lipinski definition) is 3. The Bertz CT molecular complexity index is 189. The molecule has 3 nitrogen and oxygen atoms in total. The number of rotatable bonds is 8. The molecule has 17 heavy (non-hydrogen) atoms. The molecule has 0 unspecified atom stereocenters. The molecule has 3 heteroatoms. The molecule has 1 aliphatic carbocycles. The van der Waals surface area contributed by atoms with Gasteiger partial charge in [-0.25, -0.2) is 0 Å². The average Bonchev–Trinajstić information content (AvgIpc) is 2.33. The number of hydrogen-bond donors (Lipinski definition) is 1. The third-order valence-corrected chi connectivity index (χ3v) is 3.91. The van der Waals surface area contributed by atoms with Crippen LogP contribution in [0.25, 0.3) is 0 Å². The lowest BCUT2D eigenvalue weighted by Crippen LogP contribution is -2.45. The molecular weight excluding hydrogens is 214 g/mol. The van der Waals surface area contributed by atoms with E-state index in [1.807, 2.05) is 7.05 Å². The smallest absolute Gasteiger partial charge is 0.0807 e. The largest absolute Gasteiger partial charge is 0.382 e. The molecule has 1 saturated carbocycles. The zero-order valence-electron chi connectivity index (χ0n) is 11.8. The van der Waals surface area contributed by atoms with Crippen LogP contribution in [-0.4, -0.2) is 39.5 Å². The van der Waals surface area contributed by atoms with E-state index < -0.39 is 0 Å². The van der Waals surface area contributed by atoms with Crippen molar-refractivity contribution in [3.05, 3.63) is 0 Å². The summed E-state index contributed by atoms with van der Waals surface area (Å²) in [7, 11) is 3.74. The topological polar surface area (TPSA) is 30.5 Å². The second-order valence-corrected chi connectivity index (χ2v) is 5.29. The van der Waals surface area contributed by atoms with E-state index in [9.17, 15) is 0 Å². The molecule has 0 saturated heterocycles. The molecule has 0 aliphatic heterocycles. The zero-order chi connectivity index (χ0) is 12.6. The van der Waals surface area contributed by atoms with Crippen molar-refractivity contribution in [2.45, 2.75) is 51.0 Å². The van der Waals surface area contributed by atoms with Crippen LogP contribution in [0.3, 0.4) is 0 Å². The van der Waals surface area contributed by atoms with Crippen LogP contribution in [-0.2, 0) is 9.47 Å². The summed E-state index contributed by atoms with van der Waals surface area (Å²) in [6.45, 7) is 4.67. The molecule has 0 aromatic carbocycles. The Morgan fingerprint density at radius 1 is 1.24 bits per heavy atom. The van der Waals surface area contributed by atoms with Gasteiger partial charge >= 0.3 is 0 Å². The van der Waals surface area contributed by atoms with E-state index >= 15 is 0 Å². The summed E-state index contributed by atoms with van der Waals surface area (Å²) in [5.41, 5.74) is 0.0670. The predicted octanol–water partition coefficient (Wildman–Crippen LogP) is 2.60. The standard InChI is InChI=1S/C14H29NO2/c1-4-5-13-6-8-14(9-7-13,12-15-2)17-11-10-16-3/h13,15H,4-12H2,1-3H3. The Morgan fingerprint density at radius 2 is 1.94 bits per heavy atom. The first-order chi connectivity index (χ1) is 8.26. The van der Waals surface area contributed by atoms with Gasteiger partial charge in [-0.3, -0.25) is 0 Å². The van der Waals surface area contributed by atoms with E-state index in [4.69, 9.17) is 9.47 Å². The third kappa shape index (κ3) is 4.94. The van der Waals surface area contributed by atoms with Gasteiger partial charge in [-0.15, -0.1) is 0 Å². The first-order valence-electron chi connectivity index (χ1n) is 7.04. The molecule has 1 N–H and O–H groups in total. The maximum absolute atomic E-state index is 6.09. The van der Waals surface area contributed by atoms with Gasteiger partial charge in [0, 0.05) is 13.7 Å². The second kappa shape index (κ2) is 8.06. The number of nitrogens with one attached hydrogen (secondary N) is 1. The highest BCUT2D eigenvalue weighted by atomic mass is 16.5. The molecule has 0 aromatic rings. The normalized spacial score (nSPS) is 29.5. The quantitative estimate of drug-likeness (QED) is 0.665. The molecule has 1 fully saturated rings. The van der Waals surface area contributed by atoms with Crippen molar-refractivity contribution in [2.75, 3.05) is 33.9 Å². The lowest BCUT2D eigenvalue weighted by atomic mass is 9.77. The van der Waals surface area contributed by atoms with Gasteiger partial charge in [0.05, 0.1) is 18.8 Å². The first kappa shape index (κ1) is 14.9. The van der Waals surface area contributed by atoms with Crippen LogP contribution in [0.5, 0.6) is 0 Å². The van der Waals surface area contributed by atoms with Gasteiger partial charge in [0.1, 0.15) is 0 Å². The minimum Gasteiger partial charge on any atom is -0.382 e. The van der Waals surface area contributed by atoms with Crippen LogP contribution in [0.15, 0.2) is 0 Å². The third-order valence-electron chi connectivity index (χ3n) is 3.91. The molecule has 0 spiro atoms. The monoisotopic (exact) mass is 243 g/mol. The summed E-state index contributed by atoms with van der Waals surface area (Å²) in [5, 5.41) is 3.29. The van der Waals surface area contributed by atoms with Crippen molar-refractivity contribution in [2.24, 2.45) is 5.92 Å². The van der Waals surface area contributed by atoms with Crippen molar-refractivity contribution in [1.29, 1.82) is 0 Å². The van der Waals surface area contributed by atoms with E-state index in [1.165, 1.54) is 38.5 Å². The van der Waals surface area contributed by atoms with Crippen LogP contribution in [0.1, 0.15) is 45.4 Å². The molecule has 0 atom stereocenters. The van der Waals surface area contributed by atoms with Crippen LogP contribution < -0.4 is 5.32 Å². The summed E-state index contributed by atoms with van der Waals surface area (Å²) in [5.74, 6) is 0.927. The van der Waals surface area contributed by atoms with Crippen LogP contribution >= 0.6 is 0 Å². The van der Waals surface area contributed by atoms with Gasteiger partial charge in [-0.05, 0) is 38.6 Å². The van der Waals surface area contributed by atoms with Gasteiger partial charge < -0.3 is 14.8 Å². The zero-order valence-corrected chi connectivity index (χ0v) is 11.8. The Morgan fingerprint density at radius 3 is 2.47 bits per heavy atom. The molecular formula is C14H29NO2. The van der Waals surface area contributed by atoms with Crippen molar-refractivity contribution in [3.8, 4) is 0 Å². The Balaban J connectivity index is 2.39. The van der Waals surface area contributed by atoms with Crippen molar-refractivity contribution < 1.29 is 9.47 Å². The van der Waals surface area contributed by atoms with Gasteiger partial charge in [0.15, 0.2) is 0 Å². The molecule has 1 rings (SSSR count). The summed E-state index contributed by atoms with van der Waals surface area (Å²) in [6, 6.07) is 0. The fourth-order valence-corrected chi connectivity index (χ4v) is 2.94. The maximum Gasteiger partial charge on any atom is 0.0807 e. The Labute approximate surface area is 106 Å². The molecule has 0 heterocycles. The van der Waals surface area contributed by atoms with E-state index in [2.05, 4.69) is 12.2 Å². The lowest BCUT2D eigenvalue weighted by Gasteiger charge is -2.40. The molecule has 1 aliphatic rings. The van der Waals surface area contributed by atoms with Gasteiger partial charge in [-0.1, -0.05) is 19.8 Å². The Hall–Kier alpha value is -0.120. The molecule has 0 bridgehead atoms.